The van der Waals surface area contributed by atoms with Gasteiger partial charge in [0.2, 0.25) is 5.28 Å². The van der Waals surface area contributed by atoms with Gasteiger partial charge in [-0.15, -0.1) is 0 Å². The van der Waals surface area contributed by atoms with E-state index in [1.807, 2.05) is 19.9 Å². The molecule has 0 atom stereocenters. The summed E-state index contributed by atoms with van der Waals surface area (Å²) in [6.07, 6.45) is 4.30. The lowest BCUT2D eigenvalue weighted by molar-refractivity contribution is 0.291. The van der Waals surface area contributed by atoms with E-state index in [-0.39, 0.29) is 11.3 Å². The zero-order valence-corrected chi connectivity index (χ0v) is 11.0. The molecule has 0 bridgehead atoms. The molecule has 0 N–H and O–H groups in total. The van der Waals surface area contributed by atoms with Crippen molar-refractivity contribution in [2.24, 2.45) is 0 Å². The van der Waals surface area contributed by atoms with Crippen LogP contribution in [0.3, 0.4) is 0 Å². The van der Waals surface area contributed by atoms with Crippen LogP contribution >= 0.6 is 11.6 Å². The minimum absolute atomic E-state index is 0.120. The highest BCUT2D eigenvalue weighted by Crippen LogP contribution is 2.21. The van der Waals surface area contributed by atoms with Crippen LogP contribution in [0.1, 0.15) is 18.9 Å². The van der Waals surface area contributed by atoms with Gasteiger partial charge in [0.05, 0.1) is 6.61 Å². The Bertz CT molecular complexity index is 547. The first-order chi connectivity index (χ1) is 8.70. The van der Waals surface area contributed by atoms with Crippen LogP contribution in [0.4, 0.5) is 0 Å². The van der Waals surface area contributed by atoms with Gasteiger partial charge in [-0.25, -0.2) is 0 Å². The lowest BCUT2D eigenvalue weighted by Gasteiger charge is -2.06. The van der Waals surface area contributed by atoms with Crippen LogP contribution in [0.15, 0.2) is 18.5 Å². The smallest absolute Gasteiger partial charge is 0.321 e. The van der Waals surface area contributed by atoms with Gasteiger partial charge in [-0.3, -0.25) is 4.98 Å². The highest BCUT2D eigenvalue weighted by Gasteiger charge is 2.10. The van der Waals surface area contributed by atoms with Crippen molar-refractivity contribution in [3.8, 4) is 17.4 Å². The fourth-order valence-electron chi connectivity index (χ4n) is 1.41. The minimum Gasteiger partial charge on any atom is -0.463 e. The van der Waals surface area contributed by atoms with Crippen LogP contribution in [0.2, 0.25) is 5.28 Å². The highest BCUT2D eigenvalue weighted by molar-refractivity contribution is 6.28. The molecule has 0 fully saturated rings. The molecule has 0 saturated heterocycles. The Balaban J connectivity index is 2.39. The summed E-state index contributed by atoms with van der Waals surface area (Å²) in [7, 11) is 0. The van der Waals surface area contributed by atoms with E-state index in [4.69, 9.17) is 16.3 Å². The molecule has 18 heavy (non-hydrogen) atoms. The molecule has 2 aromatic rings. The zero-order chi connectivity index (χ0) is 13.0. The van der Waals surface area contributed by atoms with Gasteiger partial charge in [0.25, 0.3) is 0 Å². The molecule has 0 radical (unpaired) electrons. The maximum atomic E-state index is 5.87. The summed E-state index contributed by atoms with van der Waals surface area (Å²) in [6, 6.07) is 2.13. The van der Waals surface area contributed by atoms with Crippen LogP contribution in [-0.4, -0.2) is 26.5 Å². The Kier molecular flexibility index (Phi) is 4.04. The number of pyridine rings is 1. The molecule has 0 aliphatic rings. The van der Waals surface area contributed by atoms with Gasteiger partial charge < -0.3 is 4.74 Å². The molecule has 2 rings (SSSR count). The average molecular weight is 265 g/mol. The Morgan fingerprint density at radius 2 is 2.11 bits per heavy atom. The summed E-state index contributed by atoms with van der Waals surface area (Å²) in [6.45, 7) is 4.52. The first-order valence-electron chi connectivity index (χ1n) is 5.66. The van der Waals surface area contributed by atoms with Crippen LogP contribution in [-0.2, 0) is 0 Å². The van der Waals surface area contributed by atoms with Crippen molar-refractivity contribution in [2.45, 2.75) is 20.3 Å². The molecular formula is C12H13ClN4O. The molecule has 0 unspecified atom stereocenters. The van der Waals surface area contributed by atoms with Gasteiger partial charge in [-0.05, 0) is 36.6 Å². The Morgan fingerprint density at radius 1 is 1.28 bits per heavy atom. The standard InChI is InChI=1S/C12H13ClN4O/c1-3-6-18-12-16-10(15-11(13)17-12)9-7-14-5-4-8(9)2/h4-5,7H,3,6H2,1-2H3. The third-order valence-electron chi connectivity index (χ3n) is 2.30. The van der Waals surface area contributed by atoms with Gasteiger partial charge in [-0.2, -0.15) is 15.0 Å². The summed E-state index contributed by atoms with van der Waals surface area (Å²) >= 11 is 5.87. The lowest BCUT2D eigenvalue weighted by Crippen LogP contribution is -2.03. The molecule has 0 saturated carbocycles. The summed E-state index contributed by atoms with van der Waals surface area (Å²) in [5.74, 6) is 0.478. The average Bonchev–Trinajstić information content (AvgIpc) is 2.36. The maximum absolute atomic E-state index is 5.87. The van der Waals surface area contributed by atoms with Crippen molar-refractivity contribution in [2.75, 3.05) is 6.61 Å². The number of aromatic nitrogens is 4. The minimum atomic E-state index is 0.120. The summed E-state index contributed by atoms with van der Waals surface area (Å²) in [5.41, 5.74) is 1.84. The van der Waals surface area contributed by atoms with Gasteiger partial charge in [-0.1, -0.05) is 6.92 Å². The number of aryl methyl sites for hydroxylation is 1. The molecule has 2 aromatic heterocycles. The zero-order valence-electron chi connectivity index (χ0n) is 10.2. The third-order valence-corrected chi connectivity index (χ3v) is 2.47. The van der Waals surface area contributed by atoms with Crippen LogP contribution < -0.4 is 4.74 Å². The van der Waals surface area contributed by atoms with Gasteiger partial charge in [0.1, 0.15) is 0 Å². The monoisotopic (exact) mass is 264 g/mol. The van der Waals surface area contributed by atoms with Crippen molar-refractivity contribution in [1.82, 2.24) is 19.9 Å². The number of halogens is 1. The summed E-state index contributed by atoms with van der Waals surface area (Å²) < 4.78 is 5.37. The SMILES string of the molecule is CCCOc1nc(Cl)nc(-c2cnccc2C)n1. The molecule has 0 aromatic carbocycles. The summed E-state index contributed by atoms with van der Waals surface area (Å²) in [4.78, 5) is 16.3. The van der Waals surface area contributed by atoms with Crippen molar-refractivity contribution in [3.05, 3.63) is 29.3 Å². The number of ether oxygens (including phenoxy) is 1. The van der Waals surface area contributed by atoms with E-state index in [0.717, 1.165) is 17.5 Å². The Morgan fingerprint density at radius 3 is 2.83 bits per heavy atom. The van der Waals surface area contributed by atoms with E-state index < -0.39 is 0 Å². The first-order valence-corrected chi connectivity index (χ1v) is 6.04. The second-order valence-corrected chi connectivity index (χ2v) is 4.09. The Labute approximate surface area is 110 Å². The predicted molar refractivity (Wildman–Crippen MR) is 68.6 cm³/mol. The van der Waals surface area contributed by atoms with Crippen LogP contribution in [0.5, 0.6) is 6.01 Å². The molecule has 94 valence electrons. The van der Waals surface area contributed by atoms with E-state index in [1.54, 1.807) is 12.4 Å². The molecule has 5 nitrogen and oxygen atoms in total. The molecule has 0 aliphatic heterocycles. The molecular weight excluding hydrogens is 252 g/mol. The van der Waals surface area contributed by atoms with Gasteiger partial charge in [0.15, 0.2) is 5.82 Å². The largest absolute Gasteiger partial charge is 0.463 e. The molecule has 0 aliphatic carbocycles. The normalized spacial score (nSPS) is 10.4. The van der Waals surface area contributed by atoms with Crippen LogP contribution in [0.25, 0.3) is 11.4 Å². The van der Waals surface area contributed by atoms with E-state index >= 15 is 0 Å². The number of rotatable bonds is 4. The van der Waals surface area contributed by atoms with E-state index in [1.165, 1.54) is 0 Å². The van der Waals surface area contributed by atoms with Crippen molar-refractivity contribution < 1.29 is 4.74 Å². The molecule has 0 spiro atoms. The van der Waals surface area contributed by atoms with Gasteiger partial charge >= 0.3 is 6.01 Å². The van der Waals surface area contributed by atoms with Crippen molar-refractivity contribution in [3.63, 3.8) is 0 Å². The molecule has 0 amide bonds. The predicted octanol–water partition coefficient (Wildman–Crippen LogP) is 2.68. The lowest BCUT2D eigenvalue weighted by atomic mass is 10.1. The van der Waals surface area contributed by atoms with Crippen LogP contribution in [0, 0.1) is 6.92 Å². The third kappa shape index (κ3) is 2.92. The fraction of sp³-hybridized carbons (Fsp3) is 0.333. The quantitative estimate of drug-likeness (QED) is 0.850. The topological polar surface area (TPSA) is 60.8 Å². The number of hydrogen-bond donors (Lipinski definition) is 0. The number of hydrogen-bond acceptors (Lipinski definition) is 5. The van der Waals surface area contributed by atoms with Gasteiger partial charge in [0, 0.05) is 18.0 Å². The molecule has 2 heterocycles. The van der Waals surface area contributed by atoms with Crippen molar-refractivity contribution >= 4 is 11.6 Å². The Hall–Kier alpha value is -1.75. The second-order valence-electron chi connectivity index (χ2n) is 3.75. The van der Waals surface area contributed by atoms with E-state index in [2.05, 4.69) is 19.9 Å². The summed E-state index contributed by atoms with van der Waals surface area (Å²) in [5, 5.41) is 0.120. The van der Waals surface area contributed by atoms with E-state index in [0.29, 0.717) is 12.4 Å². The second kappa shape index (κ2) is 5.73. The first kappa shape index (κ1) is 12.7. The van der Waals surface area contributed by atoms with Crippen molar-refractivity contribution in [1.29, 1.82) is 0 Å². The fourth-order valence-corrected chi connectivity index (χ4v) is 1.56. The molecule has 6 heteroatoms. The highest BCUT2D eigenvalue weighted by atomic mass is 35.5. The maximum Gasteiger partial charge on any atom is 0.321 e. The number of nitrogens with zero attached hydrogens (tertiary/aromatic N) is 4. The van der Waals surface area contributed by atoms with E-state index in [9.17, 15) is 0 Å².